The second kappa shape index (κ2) is 4.37. The van der Waals surface area contributed by atoms with Gasteiger partial charge >= 0.3 is 0 Å². The van der Waals surface area contributed by atoms with Crippen LogP contribution in [0.5, 0.6) is 0 Å². The van der Waals surface area contributed by atoms with Gasteiger partial charge in [-0.15, -0.1) is 0 Å². The molecule has 0 aliphatic heterocycles. The van der Waals surface area contributed by atoms with Crippen LogP contribution in [0.25, 0.3) is 0 Å². The van der Waals surface area contributed by atoms with Crippen LogP contribution in [0.15, 0.2) is 24.3 Å². The topological polar surface area (TPSA) is 14.1 Å². The fourth-order valence-electron chi connectivity index (χ4n) is 0.859. The maximum absolute atomic E-state index is 5.90. The molecule has 0 bridgehead atoms. The Morgan fingerprint density at radius 1 is 1.36 bits per heavy atom. The number of hydrogen-bond donors (Lipinski definition) is 0. The molecule has 0 aliphatic carbocycles. The number of hydrogen-bond acceptors (Lipinski definition) is 0. The summed E-state index contributed by atoms with van der Waals surface area (Å²) in [4.78, 5) is 0. The highest BCUT2D eigenvalue weighted by Gasteiger charge is 1.96. The Bertz CT molecular complexity index is 223. The van der Waals surface area contributed by atoms with Crippen molar-refractivity contribution < 1.29 is 0 Å². The van der Waals surface area contributed by atoms with Gasteiger partial charge in [0.2, 0.25) is 0 Å². The van der Waals surface area contributed by atoms with Gasteiger partial charge < -0.3 is 0 Å². The molecule has 11 heavy (non-hydrogen) atoms. The van der Waals surface area contributed by atoms with Gasteiger partial charge in [0.15, 0.2) is 0 Å². The second-order valence-electron chi connectivity index (χ2n) is 2.29. The normalized spacial score (nSPS) is 10.0. The Labute approximate surface area is 72.4 Å². The maximum Gasteiger partial charge on any atom is 0.0451 e. The Hall–Kier alpha value is -0.530. The third-order valence-corrected chi connectivity index (χ3v) is 1.83. The Morgan fingerprint density at radius 2 is 2.09 bits per heavy atom. The van der Waals surface area contributed by atoms with Crippen molar-refractivity contribution in [2.45, 2.75) is 13.5 Å². The van der Waals surface area contributed by atoms with Crippen LogP contribution >= 0.6 is 11.6 Å². The molecule has 0 saturated carbocycles. The van der Waals surface area contributed by atoms with Gasteiger partial charge in [0.25, 0.3) is 0 Å². The lowest BCUT2D eigenvalue weighted by atomic mass is 10.2. The van der Waals surface area contributed by atoms with E-state index in [2.05, 4.69) is 5.32 Å². The molecule has 1 aromatic rings. The summed E-state index contributed by atoms with van der Waals surface area (Å²) in [6, 6.07) is 7.80. The van der Waals surface area contributed by atoms with E-state index in [1.54, 1.807) is 0 Å². The van der Waals surface area contributed by atoms with Crippen LogP contribution < -0.4 is 5.32 Å². The van der Waals surface area contributed by atoms with Crippen LogP contribution in [0, 0.1) is 0 Å². The van der Waals surface area contributed by atoms with E-state index in [-0.39, 0.29) is 0 Å². The summed E-state index contributed by atoms with van der Waals surface area (Å²) in [5.74, 6) is 0. The molecule has 1 radical (unpaired) electrons. The standard InChI is InChI=1S/C9H11ClN/c1-2-11-7-8-5-3-4-6-9(8)10/h3-6H,2,7H2,1H3. The second-order valence-corrected chi connectivity index (χ2v) is 2.70. The largest absolute Gasteiger partial charge is 0.237 e. The molecule has 59 valence electrons. The molecule has 0 spiro atoms. The van der Waals surface area contributed by atoms with E-state index in [0.717, 1.165) is 23.7 Å². The molecule has 0 unspecified atom stereocenters. The van der Waals surface area contributed by atoms with Gasteiger partial charge in [-0.05, 0) is 11.6 Å². The lowest BCUT2D eigenvalue weighted by Crippen LogP contribution is -2.03. The minimum absolute atomic E-state index is 0.732. The summed E-state index contributed by atoms with van der Waals surface area (Å²) >= 11 is 5.90. The quantitative estimate of drug-likeness (QED) is 0.659. The molecule has 0 atom stereocenters. The highest BCUT2D eigenvalue weighted by atomic mass is 35.5. The molecule has 1 aromatic carbocycles. The highest BCUT2D eigenvalue weighted by molar-refractivity contribution is 6.31. The first-order valence-electron chi connectivity index (χ1n) is 3.71. The van der Waals surface area contributed by atoms with Gasteiger partial charge in [0, 0.05) is 18.1 Å². The van der Waals surface area contributed by atoms with E-state index in [9.17, 15) is 0 Å². The van der Waals surface area contributed by atoms with E-state index >= 15 is 0 Å². The average molecular weight is 169 g/mol. The van der Waals surface area contributed by atoms with E-state index in [0.29, 0.717) is 0 Å². The van der Waals surface area contributed by atoms with Crippen molar-refractivity contribution in [2.75, 3.05) is 6.54 Å². The summed E-state index contributed by atoms with van der Waals surface area (Å²) < 4.78 is 0. The van der Waals surface area contributed by atoms with E-state index < -0.39 is 0 Å². The molecule has 0 fully saturated rings. The third kappa shape index (κ3) is 2.52. The molecule has 1 rings (SSSR count). The lowest BCUT2D eigenvalue weighted by Gasteiger charge is -2.01. The first-order valence-corrected chi connectivity index (χ1v) is 4.09. The Balaban J connectivity index is 2.62. The highest BCUT2D eigenvalue weighted by Crippen LogP contribution is 2.14. The summed E-state index contributed by atoms with van der Waals surface area (Å²) in [6.07, 6.45) is 0. The van der Waals surface area contributed by atoms with Crippen molar-refractivity contribution in [1.82, 2.24) is 5.32 Å². The summed E-state index contributed by atoms with van der Waals surface area (Å²) in [5, 5.41) is 5.03. The summed E-state index contributed by atoms with van der Waals surface area (Å²) in [5.41, 5.74) is 1.11. The number of benzene rings is 1. The molecule has 2 heteroatoms. The Kier molecular flexibility index (Phi) is 3.40. The predicted octanol–water partition coefficient (Wildman–Crippen LogP) is 2.46. The molecule has 0 heterocycles. The lowest BCUT2D eigenvalue weighted by molar-refractivity contribution is 0.710. The van der Waals surface area contributed by atoms with Gasteiger partial charge in [-0.1, -0.05) is 36.7 Å². The fraction of sp³-hybridized carbons (Fsp3) is 0.333. The molecular formula is C9H11ClN. The number of nitrogens with zero attached hydrogens (tertiary/aromatic N) is 1. The molecule has 1 nitrogen and oxygen atoms in total. The number of halogens is 1. The monoisotopic (exact) mass is 168 g/mol. The predicted molar refractivity (Wildman–Crippen MR) is 47.8 cm³/mol. The van der Waals surface area contributed by atoms with Gasteiger partial charge in [-0.3, -0.25) is 0 Å². The van der Waals surface area contributed by atoms with Crippen LogP contribution in [0.4, 0.5) is 0 Å². The Morgan fingerprint density at radius 3 is 2.73 bits per heavy atom. The van der Waals surface area contributed by atoms with Gasteiger partial charge in [0.05, 0.1) is 0 Å². The van der Waals surface area contributed by atoms with Gasteiger partial charge in [-0.2, -0.15) is 0 Å². The average Bonchev–Trinajstić information content (AvgIpc) is 2.03. The SMILES string of the molecule is CC[N]Cc1ccccc1Cl. The van der Waals surface area contributed by atoms with E-state index in [4.69, 9.17) is 11.6 Å². The van der Waals surface area contributed by atoms with Crippen molar-refractivity contribution in [3.05, 3.63) is 34.9 Å². The van der Waals surface area contributed by atoms with E-state index in [1.807, 2.05) is 31.2 Å². The van der Waals surface area contributed by atoms with Crippen LogP contribution in [0.1, 0.15) is 12.5 Å². The maximum atomic E-state index is 5.90. The van der Waals surface area contributed by atoms with Gasteiger partial charge in [-0.25, -0.2) is 5.32 Å². The van der Waals surface area contributed by atoms with Crippen molar-refractivity contribution in [1.29, 1.82) is 0 Å². The summed E-state index contributed by atoms with van der Waals surface area (Å²) in [7, 11) is 0. The molecule has 0 N–H and O–H groups in total. The first-order chi connectivity index (χ1) is 5.34. The minimum atomic E-state index is 0.732. The fourth-order valence-corrected chi connectivity index (χ4v) is 1.05. The van der Waals surface area contributed by atoms with Crippen LogP contribution in [0.3, 0.4) is 0 Å². The van der Waals surface area contributed by atoms with Crippen molar-refractivity contribution in [3.63, 3.8) is 0 Å². The molecule has 0 aromatic heterocycles. The summed E-state index contributed by atoms with van der Waals surface area (Å²) in [6.45, 7) is 3.61. The minimum Gasteiger partial charge on any atom is -0.237 e. The van der Waals surface area contributed by atoms with Crippen LogP contribution in [0.2, 0.25) is 5.02 Å². The smallest absolute Gasteiger partial charge is 0.0451 e. The zero-order valence-corrected chi connectivity index (χ0v) is 7.30. The van der Waals surface area contributed by atoms with E-state index in [1.165, 1.54) is 0 Å². The first kappa shape index (κ1) is 8.57. The molecule has 0 aliphatic rings. The van der Waals surface area contributed by atoms with Crippen molar-refractivity contribution >= 4 is 11.6 Å². The number of rotatable bonds is 3. The van der Waals surface area contributed by atoms with Crippen molar-refractivity contribution in [3.8, 4) is 0 Å². The van der Waals surface area contributed by atoms with Crippen LogP contribution in [-0.4, -0.2) is 6.54 Å². The molecule has 0 amide bonds. The van der Waals surface area contributed by atoms with Crippen molar-refractivity contribution in [2.24, 2.45) is 0 Å². The molecular weight excluding hydrogens is 158 g/mol. The van der Waals surface area contributed by atoms with Gasteiger partial charge in [0.1, 0.15) is 0 Å². The zero-order valence-electron chi connectivity index (χ0n) is 6.55. The zero-order chi connectivity index (χ0) is 8.10. The van der Waals surface area contributed by atoms with Crippen LogP contribution in [-0.2, 0) is 6.54 Å². The molecule has 0 saturated heterocycles. The third-order valence-electron chi connectivity index (χ3n) is 1.46.